The topological polar surface area (TPSA) is 37.3 Å². The second-order valence-electron chi connectivity index (χ2n) is 4.07. The van der Waals surface area contributed by atoms with Gasteiger partial charge in [-0.3, -0.25) is 4.79 Å². The van der Waals surface area contributed by atoms with Crippen molar-refractivity contribution in [3.05, 3.63) is 34.1 Å². The van der Waals surface area contributed by atoms with Gasteiger partial charge < -0.3 is 5.11 Å². The fourth-order valence-electron chi connectivity index (χ4n) is 1.65. The lowest BCUT2D eigenvalue weighted by Gasteiger charge is -2.23. The number of carbonyl (C=O) groups is 1. The second-order valence-corrected chi connectivity index (χ2v) is 4.93. The summed E-state index contributed by atoms with van der Waals surface area (Å²) < 4.78 is 13.4. The summed E-state index contributed by atoms with van der Waals surface area (Å²) in [5, 5.41) is 10.1. The minimum atomic E-state index is -1.27. The third kappa shape index (κ3) is 3.36. The number of carbonyl (C=O) groups excluding carboxylic acids is 1. The van der Waals surface area contributed by atoms with E-state index in [1.165, 1.54) is 12.1 Å². The zero-order valence-electron chi connectivity index (χ0n) is 9.96. The van der Waals surface area contributed by atoms with Crippen LogP contribution in [0.1, 0.15) is 32.3 Å². The van der Waals surface area contributed by atoms with Gasteiger partial charge in [0, 0.05) is 10.9 Å². The molecule has 1 aromatic carbocycles. The molecule has 0 aliphatic carbocycles. The molecule has 0 aromatic heterocycles. The first kappa shape index (κ1) is 14.3. The van der Waals surface area contributed by atoms with E-state index in [2.05, 4.69) is 15.9 Å². The lowest BCUT2D eigenvalue weighted by atomic mass is 9.88. The smallest absolute Gasteiger partial charge is 0.168 e. The molecule has 0 aliphatic heterocycles. The van der Waals surface area contributed by atoms with Crippen molar-refractivity contribution >= 4 is 21.7 Å². The van der Waals surface area contributed by atoms with Crippen molar-refractivity contribution in [2.24, 2.45) is 0 Å². The van der Waals surface area contributed by atoms with Crippen molar-refractivity contribution in [1.82, 2.24) is 0 Å². The predicted octanol–water partition coefficient (Wildman–Crippen LogP) is 3.25. The summed E-state index contributed by atoms with van der Waals surface area (Å²) in [5.41, 5.74) is -0.579. The molecule has 0 heterocycles. The lowest BCUT2D eigenvalue weighted by Crippen LogP contribution is -2.38. The molecule has 0 aliphatic rings. The highest BCUT2D eigenvalue weighted by molar-refractivity contribution is 9.10. The molecule has 0 spiro atoms. The van der Waals surface area contributed by atoms with Crippen LogP contribution in [0.5, 0.6) is 0 Å². The van der Waals surface area contributed by atoms with E-state index in [1.54, 1.807) is 19.9 Å². The van der Waals surface area contributed by atoms with Crippen molar-refractivity contribution in [2.75, 3.05) is 0 Å². The zero-order chi connectivity index (χ0) is 13.1. The Morgan fingerprint density at radius 2 is 2.00 bits per heavy atom. The molecule has 0 saturated carbocycles. The summed E-state index contributed by atoms with van der Waals surface area (Å²) in [7, 11) is 0. The molecule has 0 radical (unpaired) electrons. The molecule has 0 atom stereocenters. The number of halogens is 2. The van der Waals surface area contributed by atoms with E-state index in [1.807, 2.05) is 0 Å². The number of hydrogen-bond donors (Lipinski definition) is 1. The summed E-state index contributed by atoms with van der Waals surface area (Å²) in [6.07, 6.45) is 0.890. The molecule has 0 fully saturated rings. The van der Waals surface area contributed by atoms with Gasteiger partial charge in [0.25, 0.3) is 0 Å². The maximum absolute atomic E-state index is 12.9. The lowest BCUT2D eigenvalue weighted by molar-refractivity contribution is -0.137. The largest absolute Gasteiger partial charge is 0.382 e. The van der Waals surface area contributed by atoms with Crippen LogP contribution in [0.2, 0.25) is 0 Å². The molecule has 1 N–H and O–H groups in total. The monoisotopic (exact) mass is 302 g/mol. The van der Waals surface area contributed by atoms with Crippen molar-refractivity contribution in [1.29, 1.82) is 0 Å². The Labute approximate surface area is 109 Å². The summed E-state index contributed by atoms with van der Waals surface area (Å²) >= 11 is 3.21. The molecule has 0 amide bonds. The van der Waals surface area contributed by atoms with Gasteiger partial charge in [0.1, 0.15) is 11.4 Å². The van der Waals surface area contributed by atoms with Gasteiger partial charge in [-0.05, 0) is 30.5 Å². The van der Waals surface area contributed by atoms with E-state index in [9.17, 15) is 14.3 Å². The van der Waals surface area contributed by atoms with Crippen molar-refractivity contribution in [2.45, 2.75) is 38.7 Å². The molecule has 0 unspecified atom stereocenters. The molecular formula is C13H16BrFO2. The normalized spacial score (nSPS) is 11.6. The Hall–Kier alpha value is -0.740. The zero-order valence-corrected chi connectivity index (χ0v) is 11.6. The van der Waals surface area contributed by atoms with E-state index in [0.717, 1.165) is 0 Å². The van der Waals surface area contributed by atoms with Gasteiger partial charge >= 0.3 is 0 Å². The van der Waals surface area contributed by atoms with Crippen LogP contribution in [0.25, 0.3) is 0 Å². The molecule has 4 heteroatoms. The number of benzene rings is 1. The first-order valence-electron chi connectivity index (χ1n) is 5.62. The highest BCUT2D eigenvalue weighted by Gasteiger charge is 2.31. The van der Waals surface area contributed by atoms with Crippen LogP contribution >= 0.6 is 15.9 Å². The average molecular weight is 303 g/mol. The van der Waals surface area contributed by atoms with Crippen LogP contribution in [-0.4, -0.2) is 16.5 Å². The number of aliphatic hydroxyl groups is 1. The van der Waals surface area contributed by atoms with Gasteiger partial charge in [0.15, 0.2) is 5.78 Å². The Morgan fingerprint density at radius 1 is 1.41 bits per heavy atom. The number of hydrogen-bond acceptors (Lipinski definition) is 2. The molecular weight excluding hydrogens is 287 g/mol. The van der Waals surface area contributed by atoms with Crippen LogP contribution in [0.15, 0.2) is 22.7 Å². The minimum Gasteiger partial charge on any atom is -0.382 e. The standard InChI is InChI=1S/C13H16BrFO2/c1-3-13(17,4-2)12(16)7-9-5-6-10(15)8-11(9)14/h5-6,8,17H,3-4,7H2,1-2H3. The maximum Gasteiger partial charge on any atom is 0.168 e. The van der Waals surface area contributed by atoms with Crippen LogP contribution in [0.4, 0.5) is 4.39 Å². The molecule has 1 aromatic rings. The summed E-state index contributed by atoms with van der Waals surface area (Å²) in [5.74, 6) is -0.580. The van der Waals surface area contributed by atoms with E-state index in [0.29, 0.717) is 22.9 Å². The fourth-order valence-corrected chi connectivity index (χ4v) is 2.14. The fraction of sp³-hybridized carbons (Fsp3) is 0.462. The summed E-state index contributed by atoms with van der Waals surface area (Å²) in [4.78, 5) is 12.0. The van der Waals surface area contributed by atoms with Gasteiger partial charge in [-0.2, -0.15) is 0 Å². The third-order valence-corrected chi connectivity index (χ3v) is 3.79. The van der Waals surface area contributed by atoms with E-state index >= 15 is 0 Å². The predicted molar refractivity (Wildman–Crippen MR) is 68.3 cm³/mol. The van der Waals surface area contributed by atoms with Crippen molar-refractivity contribution < 1.29 is 14.3 Å². The minimum absolute atomic E-state index is 0.110. The van der Waals surface area contributed by atoms with Crippen LogP contribution in [-0.2, 0) is 11.2 Å². The molecule has 0 bridgehead atoms. The SMILES string of the molecule is CCC(O)(CC)C(=O)Cc1ccc(F)cc1Br. The maximum atomic E-state index is 12.9. The molecule has 2 nitrogen and oxygen atoms in total. The average Bonchev–Trinajstić information content (AvgIpc) is 2.31. The van der Waals surface area contributed by atoms with Crippen LogP contribution in [0, 0.1) is 5.82 Å². The molecule has 0 saturated heterocycles. The van der Waals surface area contributed by atoms with Crippen molar-refractivity contribution in [3.8, 4) is 0 Å². The van der Waals surface area contributed by atoms with E-state index in [-0.39, 0.29) is 18.0 Å². The Balaban J connectivity index is 2.88. The van der Waals surface area contributed by atoms with Gasteiger partial charge in [-0.1, -0.05) is 35.8 Å². The molecule has 94 valence electrons. The Bertz CT molecular complexity index is 414. The first-order chi connectivity index (χ1) is 7.92. The van der Waals surface area contributed by atoms with E-state index in [4.69, 9.17) is 0 Å². The third-order valence-electron chi connectivity index (χ3n) is 3.05. The van der Waals surface area contributed by atoms with Gasteiger partial charge in [0.2, 0.25) is 0 Å². The van der Waals surface area contributed by atoms with Gasteiger partial charge in [-0.15, -0.1) is 0 Å². The van der Waals surface area contributed by atoms with Crippen molar-refractivity contribution in [3.63, 3.8) is 0 Å². The highest BCUT2D eigenvalue weighted by Crippen LogP contribution is 2.23. The van der Waals surface area contributed by atoms with Crippen LogP contribution in [0.3, 0.4) is 0 Å². The van der Waals surface area contributed by atoms with Crippen LogP contribution < -0.4 is 0 Å². The number of Topliss-reactive ketones (excluding diaryl/α,β-unsaturated/α-hetero) is 1. The quantitative estimate of drug-likeness (QED) is 0.906. The summed E-state index contributed by atoms with van der Waals surface area (Å²) in [6, 6.07) is 4.19. The van der Waals surface area contributed by atoms with Gasteiger partial charge in [0.05, 0.1) is 0 Å². The second kappa shape index (κ2) is 5.74. The first-order valence-corrected chi connectivity index (χ1v) is 6.42. The van der Waals surface area contributed by atoms with Gasteiger partial charge in [-0.25, -0.2) is 4.39 Å². The highest BCUT2D eigenvalue weighted by atomic mass is 79.9. The Morgan fingerprint density at radius 3 is 2.47 bits per heavy atom. The number of ketones is 1. The van der Waals surface area contributed by atoms with E-state index < -0.39 is 5.60 Å². The molecule has 17 heavy (non-hydrogen) atoms. The molecule has 1 rings (SSSR count). The Kier molecular flexibility index (Phi) is 4.83. The summed E-state index contributed by atoms with van der Waals surface area (Å²) in [6.45, 7) is 3.56. The number of rotatable bonds is 5.